The number of aromatic nitrogens is 5. The molecule has 2 atom stereocenters. The first-order chi connectivity index (χ1) is 17.2. The molecule has 5 rings (SSSR count). The summed E-state index contributed by atoms with van der Waals surface area (Å²) in [5.41, 5.74) is 3.49. The molecule has 9 nitrogen and oxygen atoms in total. The van der Waals surface area contributed by atoms with Crippen LogP contribution in [0.1, 0.15) is 47.6 Å². The van der Waals surface area contributed by atoms with Crippen LogP contribution in [0.2, 0.25) is 0 Å². The predicted octanol–water partition coefficient (Wildman–Crippen LogP) is 3.00. The van der Waals surface area contributed by atoms with E-state index in [-0.39, 0.29) is 12.7 Å². The van der Waals surface area contributed by atoms with Crippen LogP contribution < -0.4 is 9.54 Å². The zero-order chi connectivity index (χ0) is 24.0. The second-order valence-corrected chi connectivity index (χ2v) is 9.86. The van der Waals surface area contributed by atoms with E-state index in [1.165, 1.54) is 11.2 Å². The van der Waals surface area contributed by atoms with Crippen molar-refractivity contribution >= 4 is 34.9 Å². The van der Waals surface area contributed by atoms with Crippen LogP contribution in [0.3, 0.4) is 0 Å². The topological polar surface area (TPSA) is 129 Å². The Morgan fingerprint density at radius 2 is 2.23 bits per heavy atom. The molecule has 2 unspecified atom stereocenters. The van der Waals surface area contributed by atoms with Crippen molar-refractivity contribution in [2.45, 2.75) is 42.1 Å². The third-order valence-electron chi connectivity index (χ3n) is 5.53. The Labute approximate surface area is 210 Å². The van der Waals surface area contributed by atoms with Crippen LogP contribution in [0.15, 0.2) is 59.1 Å². The van der Waals surface area contributed by atoms with Crippen LogP contribution in [-0.4, -0.2) is 47.9 Å². The zero-order valence-corrected chi connectivity index (χ0v) is 20.4. The van der Waals surface area contributed by atoms with Gasteiger partial charge in [0.15, 0.2) is 0 Å². The molecule has 4 aromatic rings. The van der Waals surface area contributed by atoms with Crippen molar-refractivity contribution in [1.29, 1.82) is 0 Å². The van der Waals surface area contributed by atoms with Gasteiger partial charge in [0.25, 0.3) is 0 Å². The van der Waals surface area contributed by atoms with E-state index in [0.717, 1.165) is 41.1 Å². The van der Waals surface area contributed by atoms with Gasteiger partial charge in [0, 0.05) is 0 Å². The molecular formula is C23H23BN6O3S2. The molecule has 4 aromatic heterocycles. The molecule has 0 fully saturated rings. The molecule has 0 aromatic carbocycles. The molecule has 4 heterocycles. The summed E-state index contributed by atoms with van der Waals surface area (Å²) in [4.78, 5) is 26.8. The number of ether oxygens (including phenoxy) is 1. The van der Waals surface area contributed by atoms with Gasteiger partial charge in [-0.1, -0.05) is 0 Å². The molecule has 1 aliphatic rings. The Balaban J connectivity index is 1.46. The molecule has 0 spiro atoms. The van der Waals surface area contributed by atoms with Crippen LogP contribution >= 0.6 is 22.9 Å². The number of aliphatic hydroxyl groups excluding tert-OH is 2. The van der Waals surface area contributed by atoms with Crippen molar-refractivity contribution in [2.75, 3.05) is 6.61 Å². The SMILES string of the molecule is OCC(O)c1bs/c(=N\c2ncc(SCc3ccccn3)cc2OC2CCCc3ncncc32)[nH]1. The molecular weight excluding hydrogens is 483 g/mol. The molecule has 12 heteroatoms. The van der Waals surface area contributed by atoms with Crippen molar-refractivity contribution in [3.05, 3.63) is 76.5 Å². The zero-order valence-electron chi connectivity index (χ0n) is 18.7. The number of thioether (sulfide) groups is 1. The summed E-state index contributed by atoms with van der Waals surface area (Å²) in [5, 5.41) is 19.1. The number of aryl methyl sites for hydroxylation is 1. The number of pyridine rings is 2. The standard InChI is InChI=1S/C23H23BN6O3S2/c31-11-18(32)21-24-35-23(29-21)30-22-20(33-19-6-3-5-17-16(19)10-25-13-28-17)8-15(9-27-22)34-12-14-4-1-2-7-26-14/h1-2,4,7-10,13,18-19,31-32H,3,5-6,11-12H2,(H,27,29,30). The fourth-order valence-corrected chi connectivity index (χ4v) is 5.33. The molecule has 0 saturated carbocycles. The average Bonchev–Trinajstić information content (AvgIpc) is 3.38. The molecule has 3 N–H and O–H groups in total. The molecule has 0 amide bonds. The van der Waals surface area contributed by atoms with E-state index in [9.17, 15) is 10.2 Å². The normalized spacial score (nSPS) is 16.5. The van der Waals surface area contributed by atoms with Gasteiger partial charge in [0.1, 0.15) is 0 Å². The molecule has 1 aliphatic carbocycles. The molecule has 178 valence electrons. The van der Waals surface area contributed by atoms with Crippen LogP contribution in [0.25, 0.3) is 0 Å². The molecule has 0 radical (unpaired) electrons. The number of fused-ring (bicyclic) bond motifs is 1. The van der Waals surface area contributed by atoms with Gasteiger partial charge in [-0.15, -0.1) is 0 Å². The minimum atomic E-state index is -0.983. The van der Waals surface area contributed by atoms with Crippen LogP contribution in [0.5, 0.6) is 5.75 Å². The van der Waals surface area contributed by atoms with Gasteiger partial charge in [-0.3, -0.25) is 0 Å². The third kappa shape index (κ3) is 5.84. The summed E-state index contributed by atoms with van der Waals surface area (Å²) in [6.07, 6.45) is 10.2. The first-order valence-electron chi connectivity index (χ1n) is 11.2. The van der Waals surface area contributed by atoms with Gasteiger partial charge in [0.2, 0.25) is 0 Å². The third-order valence-corrected chi connectivity index (χ3v) is 7.32. The Kier molecular flexibility index (Phi) is 7.62. The number of rotatable bonds is 8. The second kappa shape index (κ2) is 11.2. The summed E-state index contributed by atoms with van der Waals surface area (Å²) < 4.78 is 6.49. The number of aliphatic hydroxyl groups is 2. The van der Waals surface area contributed by atoms with E-state index >= 15 is 0 Å². The molecule has 0 aliphatic heterocycles. The number of H-pyrrole nitrogens is 1. The number of hydrogen-bond acceptors (Lipinski definition) is 10. The van der Waals surface area contributed by atoms with Gasteiger partial charge in [-0.25, -0.2) is 0 Å². The van der Waals surface area contributed by atoms with Gasteiger partial charge < -0.3 is 0 Å². The fourth-order valence-electron chi connectivity index (χ4n) is 3.75. The van der Waals surface area contributed by atoms with Gasteiger partial charge in [0.05, 0.1) is 0 Å². The number of nitrogens with one attached hydrogen (secondary N) is 1. The van der Waals surface area contributed by atoms with E-state index in [0.29, 0.717) is 27.7 Å². The Morgan fingerprint density at radius 1 is 1.29 bits per heavy atom. The maximum atomic E-state index is 9.89. The average molecular weight is 506 g/mol. The van der Waals surface area contributed by atoms with Crippen LogP contribution in [0.4, 0.5) is 5.82 Å². The van der Waals surface area contributed by atoms with Crippen LogP contribution in [-0.2, 0) is 12.2 Å². The van der Waals surface area contributed by atoms with Crippen molar-refractivity contribution in [3.63, 3.8) is 0 Å². The van der Waals surface area contributed by atoms with Crippen molar-refractivity contribution in [2.24, 2.45) is 4.99 Å². The second-order valence-electron chi connectivity index (χ2n) is 7.96. The first kappa shape index (κ1) is 23.8. The van der Waals surface area contributed by atoms with Crippen molar-refractivity contribution < 1.29 is 14.9 Å². The number of nitrogens with zero attached hydrogens (tertiary/aromatic N) is 5. The van der Waals surface area contributed by atoms with E-state index in [1.807, 2.05) is 30.5 Å². The number of hydrogen-bond donors (Lipinski definition) is 3. The Bertz CT molecular complexity index is 1350. The Hall–Kier alpha value is -2.93. The molecule has 35 heavy (non-hydrogen) atoms. The number of aromatic amines is 1. The minimum absolute atomic E-state index is 0.189. The van der Waals surface area contributed by atoms with Crippen LogP contribution in [0, 0.1) is 0 Å². The summed E-state index contributed by atoms with van der Waals surface area (Å²) in [5.74, 6) is 1.70. The summed E-state index contributed by atoms with van der Waals surface area (Å²) >= 11 is 2.94. The monoisotopic (exact) mass is 506 g/mol. The quantitative estimate of drug-likeness (QED) is 0.311. The summed E-state index contributed by atoms with van der Waals surface area (Å²) in [6, 6.07) is 7.82. The summed E-state index contributed by atoms with van der Waals surface area (Å²) in [6.45, 7) is -0.370. The molecule has 0 bridgehead atoms. The summed E-state index contributed by atoms with van der Waals surface area (Å²) in [7, 11) is 0. The fraction of sp³-hybridized carbons (Fsp3) is 0.304. The predicted molar refractivity (Wildman–Crippen MR) is 134 cm³/mol. The van der Waals surface area contributed by atoms with E-state index in [1.54, 1.807) is 36.7 Å². The first-order valence-corrected chi connectivity index (χ1v) is 13.1. The van der Waals surface area contributed by atoms with Crippen molar-refractivity contribution in [1.82, 2.24) is 24.9 Å². The van der Waals surface area contributed by atoms with Gasteiger partial charge in [-0.05, 0) is 6.07 Å². The maximum absolute atomic E-state index is 9.89. The van der Waals surface area contributed by atoms with E-state index < -0.39 is 6.10 Å². The van der Waals surface area contributed by atoms with Gasteiger partial charge in [-0.2, -0.15) is 0 Å². The van der Waals surface area contributed by atoms with E-state index in [2.05, 4.69) is 29.9 Å². The Morgan fingerprint density at radius 3 is 3.09 bits per heavy atom. The van der Waals surface area contributed by atoms with Crippen molar-refractivity contribution in [3.8, 4) is 5.75 Å². The van der Waals surface area contributed by atoms with Gasteiger partial charge >= 0.3 is 205 Å². The van der Waals surface area contributed by atoms with E-state index in [4.69, 9.17) is 4.74 Å². The molecule has 0 saturated heterocycles.